The second-order valence-electron chi connectivity index (χ2n) is 7.84. The molecule has 0 saturated carbocycles. The summed E-state index contributed by atoms with van der Waals surface area (Å²) < 4.78 is 10.9. The molecule has 2 atom stereocenters. The molecule has 2 aromatic carbocycles. The summed E-state index contributed by atoms with van der Waals surface area (Å²) in [4.78, 5) is 18.1. The van der Waals surface area contributed by atoms with Gasteiger partial charge in [-0.15, -0.1) is 12.3 Å². The molecule has 0 spiro atoms. The standard InChI is InChI=1S/C25H25ClN2O5/c1-2-3-12-32-25(31)28-11-10-20-21-13-17(26)6-9-22(21)27-23(20)24(28)16-4-7-19(8-5-16)33-15-18(30)14-29/h1,4-9,13,18,24,27,29-30H,3,10-12,14-15H2. The number of aliphatic hydroxyl groups is 2. The van der Waals surface area contributed by atoms with Crippen molar-refractivity contribution in [3.63, 3.8) is 0 Å². The van der Waals surface area contributed by atoms with E-state index in [0.29, 0.717) is 30.2 Å². The summed E-state index contributed by atoms with van der Waals surface area (Å²) in [5.74, 6) is 3.03. The summed E-state index contributed by atoms with van der Waals surface area (Å²) in [5.41, 5.74) is 3.86. The Hall–Kier alpha value is -3.18. The van der Waals surface area contributed by atoms with Gasteiger partial charge in [0, 0.05) is 34.6 Å². The predicted molar refractivity (Wildman–Crippen MR) is 125 cm³/mol. The molecule has 2 heterocycles. The van der Waals surface area contributed by atoms with Crippen molar-refractivity contribution in [2.24, 2.45) is 0 Å². The lowest BCUT2D eigenvalue weighted by molar-refractivity contribution is 0.0536. The van der Waals surface area contributed by atoms with Gasteiger partial charge in [-0.05, 0) is 47.9 Å². The number of nitrogens with zero attached hydrogens (tertiary/aromatic N) is 1. The fraction of sp³-hybridized carbons (Fsp3) is 0.320. The zero-order valence-electron chi connectivity index (χ0n) is 18.0. The fourth-order valence-electron chi connectivity index (χ4n) is 4.08. The number of carbonyl (C=O) groups is 1. The Bertz CT molecular complexity index is 1170. The van der Waals surface area contributed by atoms with Crippen LogP contribution in [0.1, 0.15) is 29.3 Å². The van der Waals surface area contributed by atoms with Crippen LogP contribution in [0.5, 0.6) is 5.75 Å². The van der Waals surface area contributed by atoms with Gasteiger partial charge in [-0.2, -0.15) is 0 Å². The van der Waals surface area contributed by atoms with Crippen LogP contribution in [0.2, 0.25) is 5.02 Å². The normalized spacial score (nSPS) is 16.2. The fourth-order valence-corrected chi connectivity index (χ4v) is 4.25. The second kappa shape index (κ2) is 10.2. The number of H-pyrrole nitrogens is 1. The molecule has 0 bridgehead atoms. The quantitative estimate of drug-likeness (QED) is 0.363. The Labute approximate surface area is 196 Å². The van der Waals surface area contributed by atoms with Gasteiger partial charge < -0.3 is 24.7 Å². The van der Waals surface area contributed by atoms with E-state index in [9.17, 15) is 9.90 Å². The highest BCUT2D eigenvalue weighted by atomic mass is 35.5. The van der Waals surface area contributed by atoms with Crippen LogP contribution in [-0.2, 0) is 11.2 Å². The summed E-state index contributed by atoms with van der Waals surface area (Å²) in [6.45, 7) is 0.255. The van der Waals surface area contributed by atoms with E-state index in [-0.39, 0.29) is 19.8 Å². The Morgan fingerprint density at radius 3 is 2.82 bits per heavy atom. The molecule has 1 aromatic heterocycles. The van der Waals surface area contributed by atoms with E-state index in [1.54, 1.807) is 17.0 Å². The van der Waals surface area contributed by atoms with Crippen molar-refractivity contribution >= 4 is 28.6 Å². The number of rotatable bonds is 7. The van der Waals surface area contributed by atoms with Crippen LogP contribution in [0.15, 0.2) is 42.5 Å². The summed E-state index contributed by atoms with van der Waals surface area (Å²) >= 11 is 6.24. The molecule has 8 heteroatoms. The minimum absolute atomic E-state index is 0.0141. The number of benzene rings is 2. The minimum Gasteiger partial charge on any atom is -0.491 e. The molecule has 7 nitrogen and oxygen atoms in total. The second-order valence-corrected chi connectivity index (χ2v) is 8.27. The lowest BCUT2D eigenvalue weighted by atomic mass is 9.92. The first kappa shape index (κ1) is 23.0. The molecule has 3 aromatic rings. The van der Waals surface area contributed by atoms with Gasteiger partial charge in [-0.25, -0.2) is 4.79 Å². The molecule has 0 saturated heterocycles. The van der Waals surface area contributed by atoms with Crippen molar-refractivity contribution in [1.82, 2.24) is 9.88 Å². The maximum absolute atomic E-state index is 12.9. The smallest absolute Gasteiger partial charge is 0.410 e. The average Bonchev–Trinajstić information content (AvgIpc) is 3.20. The maximum Gasteiger partial charge on any atom is 0.410 e. The van der Waals surface area contributed by atoms with Gasteiger partial charge in [-0.1, -0.05) is 23.7 Å². The highest BCUT2D eigenvalue weighted by Gasteiger charge is 2.35. The van der Waals surface area contributed by atoms with Gasteiger partial charge in [0.1, 0.15) is 31.1 Å². The summed E-state index contributed by atoms with van der Waals surface area (Å²) in [7, 11) is 0. The molecule has 172 valence electrons. The van der Waals surface area contributed by atoms with E-state index in [4.69, 9.17) is 32.6 Å². The number of halogens is 1. The average molecular weight is 469 g/mol. The largest absolute Gasteiger partial charge is 0.491 e. The van der Waals surface area contributed by atoms with Gasteiger partial charge in [-0.3, -0.25) is 4.90 Å². The molecule has 3 N–H and O–H groups in total. The Morgan fingerprint density at radius 1 is 1.30 bits per heavy atom. The number of terminal acetylenes is 1. The third-order valence-corrected chi connectivity index (χ3v) is 5.88. The van der Waals surface area contributed by atoms with E-state index in [1.165, 1.54) is 0 Å². The number of ether oxygens (including phenoxy) is 2. The molecule has 1 aliphatic rings. The maximum atomic E-state index is 12.9. The van der Waals surface area contributed by atoms with Crippen molar-refractivity contribution in [1.29, 1.82) is 0 Å². The van der Waals surface area contributed by atoms with E-state index in [2.05, 4.69) is 10.9 Å². The Balaban J connectivity index is 1.68. The van der Waals surface area contributed by atoms with Crippen molar-refractivity contribution in [3.8, 4) is 18.1 Å². The molecular formula is C25H25ClN2O5. The van der Waals surface area contributed by atoms with Gasteiger partial charge in [0.25, 0.3) is 0 Å². The van der Waals surface area contributed by atoms with Gasteiger partial charge in [0.05, 0.1) is 6.61 Å². The lowest BCUT2D eigenvalue weighted by Crippen LogP contribution is -2.41. The number of amides is 1. The topological polar surface area (TPSA) is 95.0 Å². The Kier molecular flexibility index (Phi) is 7.09. The van der Waals surface area contributed by atoms with Gasteiger partial charge in [0.15, 0.2) is 0 Å². The highest BCUT2D eigenvalue weighted by Crippen LogP contribution is 2.39. The van der Waals surface area contributed by atoms with E-state index >= 15 is 0 Å². The third kappa shape index (κ3) is 4.93. The van der Waals surface area contributed by atoms with Crippen molar-refractivity contribution in [2.75, 3.05) is 26.4 Å². The first-order valence-electron chi connectivity index (χ1n) is 10.7. The van der Waals surface area contributed by atoms with Crippen molar-refractivity contribution in [2.45, 2.75) is 25.0 Å². The third-order valence-electron chi connectivity index (χ3n) is 5.64. The molecule has 1 aliphatic heterocycles. The predicted octanol–water partition coefficient (Wildman–Crippen LogP) is 3.66. The molecule has 1 amide bonds. The molecule has 2 unspecified atom stereocenters. The zero-order chi connectivity index (χ0) is 23.4. The summed E-state index contributed by atoms with van der Waals surface area (Å²) in [6, 6.07) is 12.6. The molecular weight excluding hydrogens is 444 g/mol. The van der Waals surface area contributed by atoms with Crippen LogP contribution >= 0.6 is 11.6 Å². The molecule has 0 radical (unpaired) electrons. The monoisotopic (exact) mass is 468 g/mol. The number of aromatic nitrogens is 1. The summed E-state index contributed by atoms with van der Waals surface area (Å²) in [5, 5.41) is 20.2. The number of fused-ring (bicyclic) bond motifs is 3. The molecule has 0 aliphatic carbocycles. The number of aromatic amines is 1. The van der Waals surface area contributed by atoms with Crippen LogP contribution < -0.4 is 4.74 Å². The molecule has 4 rings (SSSR count). The zero-order valence-corrected chi connectivity index (χ0v) is 18.7. The van der Waals surface area contributed by atoms with Crippen LogP contribution in [0, 0.1) is 12.3 Å². The SMILES string of the molecule is C#CCCOC(=O)N1CCc2c([nH]c3ccc(Cl)cc23)C1c1ccc(OCC(O)CO)cc1. The van der Waals surface area contributed by atoms with Crippen molar-refractivity contribution < 1.29 is 24.5 Å². The van der Waals surface area contributed by atoms with E-state index in [1.807, 2.05) is 30.3 Å². The highest BCUT2D eigenvalue weighted by molar-refractivity contribution is 6.31. The lowest BCUT2D eigenvalue weighted by Gasteiger charge is -2.35. The first-order valence-corrected chi connectivity index (χ1v) is 11.1. The van der Waals surface area contributed by atoms with Crippen molar-refractivity contribution in [3.05, 3.63) is 64.3 Å². The van der Waals surface area contributed by atoms with E-state index in [0.717, 1.165) is 27.7 Å². The first-order chi connectivity index (χ1) is 16.0. The number of hydrogen-bond donors (Lipinski definition) is 3. The number of hydrogen-bond acceptors (Lipinski definition) is 5. The molecule has 0 fully saturated rings. The van der Waals surface area contributed by atoms with E-state index < -0.39 is 18.2 Å². The van der Waals surface area contributed by atoms with Crippen LogP contribution in [0.3, 0.4) is 0 Å². The summed E-state index contributed by atoms with van der Waals surface area (Å²) in [6.07, 6.45) is 4.93. The van der Waals surface area contributed by atoms with Gasteiger partial charge in [0.2, 0.25) is 0 Å². The van der Waals surface area contributed by atoms with Crippen LogP contribution in [-0.4, -0.2) is 58.7 Å². The number of nitrogens with one attached hydrogen (secondary N) is 1. The Morgan fingerprint density at radius 2 is 2.09 bits per heavy atom. The van der Waals surface area contributed by atoms with Gasteiger partial charge >= 0.3 is 6.09 Å². The van der Waals surface area contributed by atoms with Crippen LogP contribution in [0.25, 0.3) is 10.9 Å². The molecule has 33 heavy (non-hydrogen) atoms. The number of carbonyl (C=O) groups excluding carboxylic acids is 1. The van der Waals surface area contributed by atoms with Crippen LogP contribution in [0.4, 0.5) is 4.79 Å². The minimum atomic E-state index is -0.947. The number of aliphatic hydroxyl groups excluding tert-OH is 2.